The standard InChI is InChI=1S/C10H14N4O.C2H2O4/c1-15-9-4-2-3-8(7-9)13-14-10-11-5-6-12-10;3-1(4)2(5)6/h2-4,7,13H,5-6H2,1H3,(H2,11,12,14);(H,3,4)(H,5,6). The quantitative estimate of drug-likeness (QED) is 0.380. The Hall–Kier alpha value is -2.97. The Morgan fingerprint density at radius 2 is 2.00 bits per heavy atom. The average molecular weight is 296 g/mol. The molecule has 0 atom stereocenters. The molecule has 1 heterocycles. The highest BCUT2D eigenvalue weighted by atomic mass is 16.5. The summed E-state index contributed by atoms with van der Waals surface area (Å²) in [6, 6.07) is 7.68. The van der Waals surface area contributed by atoms with Gasteiger partial charge in [0.25, 0.3) is 0 Å². The van der Waals surface area contributed by atoms with E-state index in [2.05, 4.69) is 21.2 Å². The summed E-state index contributed by atoms with van der Waals surface area (Å²) in [5.41, 5.74) is 6.96. The van der Waals surface area contributed by atoms with E-state index in [1.165, 1.54) is 0 Å². The molecule has 0 unspecified atom stereocenters. The number of benzene rings is 1. The topological polar surface area (TPSA) is 132 Å². The fraction of sp³-hybridized carbons (Fsp3) is 0.250. The van der Waals surface area contributed by atoms with Crippen molar-refractivity contribution in [3.63, 3.8) is 0 Å². The highest BCUT2D eigenvalue weighted by Crippen LogP contribution is 2.15. The van der Waals surface area contributed by atoms with Gasteiger partial charge in [-0.05, 0) is 12.1 Å². The molecule has 1 aliphatic rings. The number of aliphatic imine (C=N–C) groups is 1. The molecule has 5 N–H and O–H groups in total. The molecule has 0 radical (unpaired) electrons. The van der Waals surface area contributed by atoms with Crippen LogP contribution in [0.5, 0.6) is 5.75 Å². The van der Waals surface area contributed by atoms with Crippen molar-refractivity contribution in [1.29, 1.82) is 0 Å². The lowest BCUT2D eigenvalue weighted by Crippen LogP contribution is -2.37. The minimum atomic E-state index is -1.82. The maximum absolute atomic E-state index is 9.10. The molecule has 1 aromatic rings. The third kappa shape index (κ3) is 6.14. The lowest BCUT2D eigenvalue weighted by atomic mass is 10.3. The molecule has 0 saturated heterocycles. The van der Waals surface area contributed by atoms with E-state index in [4.69, 9.17) is 24.5 Å². The van der Waals surface area contributed by atoms with Crippen molar-refractivity contribution < 1.29 is 24.5 Å². The highest BCUT2D eigenvalue weighted by Gasteiger charge is 2.04. The number of hydrogen-bond donors (Lipinski definition) is 5. The van der Waals surface area contributed by atoms with Crippen molar-refractivity contribution in [3.05, 3.63) is 24.3 Å². The molecule has 0 aromatic heterocycles. The Labute approximate surface area is 120 Å². The van der Waals surface area contributed by atoms with E-state index in [1.54, 1.807) is 7.11 Å². The van der Waals surface area contributed by atoms with Gasteiger partial charge < -0.3 is 20.3 Å². The summed E-state index contributed by atoms with van der Waals surface area (Å²) in [7, 11) is 1.65. The van der Waals surface area contributed by atoms with Crippen molar-refractivity contribution in [2.45, 2.75) is 0 Å². The maximum atomic E-state index is 9.10. The molecular weight excluding hydrogens is 280 g/mol. The Morgan fingerprint density at radius 1 is 1.29 bits per heavy atom. The van der Waals surface area contributed by atoms with Crippen LogP contribution in [0.2, 0.25) is 0 Å². The number of ether oxygens (including phenoxy) is 1. The fourth-order valence-corrected chi connectivity index (χ4v) is 1.31. The van der Waals surface area contributed by atoms with E-state index in [-0.39, 0.29) is 0 Å². The van der Waals surface area contributed by atoms with Crippen LogP contribution in [-0.2, 0) is 9.59 Å². The summed E-state index contributed by atoms with van der Waals surface area (Å²) in [6.45, 7) is 1.71. The predicted octanol–water partition coefficient (Wildman–Crippen LogP) is -0.273. The smallest absolute Gasteiger partial charge is 0.414 e. The Bertz CT molecular complexity index is 520. The maximum Gasteiger partial charge on any atom is 0.414 e. The van der Waals surface area contributed by atoms with Crippen molar-refractivity contribution in [1.82, 2.24) is 10.7 Å². The summed E-state index contributed by atoms with van der Waals surface area (Å²) in [4.78, 5) is 22.4. The molecule has 21 heavy (non-hydrogen) atoms. The van der Waals surface area contributed by atoms with E-state index in [9.17, 15) is 0 Å². The van der Waals surface area contributed by atoms with Crippen LogP contribution in [0.25, 0.3) is 0 Å². The van der Waals surface area contributed by atoms with Gasteiger partial charge in [0.15, 0.2) is 0 Å². The van der Waals surface area contributed by atoms with E-state index < -0.39 is 11.9 Å². The van der Waals surface area contributed by atoms with Crippen LogP contribution in [0, 0.1) is 0 Å². The Kier molecular flexibility index (Phi) is 6.32. The molecule has 1 aliphatic heterocycles. The van der Waals surface area contributed by atoms with Gasteiger partial charge in [-0.25, -0.2) is 9.59 Å². The molecular formula is C12H16N4O5. The van der Waals surface area contributed by atoms with Gasteiger partial charge in [-0.1, -0.05) is 6.07 Å². The first-order valence-corrected chi connectivity index (χ1v) is 5.93. The van der Waals surface area contributed by atoms with E-state index in [0.717, 1.165) is 30.5 Å². The molecule has 0 fully saturated rings. The first-order valence-electron chi connectivity index (χ1n) is 5.93. The van der Waals surface area contributed by atoms with Crippen LogP contribution in [0.3, 0.4) is 0 Å². The van der Waals surface area contributed by atoms with Crippen molar-refractivity contribution in [2.24, 2.45) is 4.99 Å². The molecule has 2 rings (SSSR count). The molecule has 0 amide bonds. The largest absolute Gasteiger partial charge is 0.497 e. The van der Waals surface area contributed by atoms with Crippen molar-refractivity contribution in [3.8, 4) is 5.75 Å². The summed E-state index contributed by atoms with van der Waals surface area (Å²) < 4.78 is 5.11. The minimum absolute atomic E-state index is 0.776. The van der Waals surface area contributed by atoms with Crippen LogP contribution in [0.15, 0.2) is 29.3 Å². The van der Waals surface area contributed by atoms with Gasteiger partial charge in [-0.15, -0.1) is 0 Å². The molecule has 0 bridgehead atoms. The monoisotopic (exact) mass is 296 g/mol. The second-order valence-electron chi connectivity index (χ2n) is 3.75. The van der Waals surface area contributed by atoms with Gasteiger partial charge in [0.1, 0.15) is 5.75 Å². The molecule has 0 saturated carbocycles. The number of methoxy groups -OCH3 is 1. The summed E-state index contributed by atoms with van der Waals surface area (Å²) >= 11 is 0. The van der Waals surface area contributed by atoms with Gasteiger partial charge in [0, 0.05) is 12.6 Å². The summed E-state index contributed by atoms with van der Waals surface area (Å²) in [6.07, 6.45) is 0. The lowest BCUT2D eigenvalue weighted by Gasteiger charge is -2.10. The number of hydrogen-bond acceptors (Lipinski definition) is 7. The average Bonchev–Trinajstić information content (AvgIpc) is 2.99. The summed E-state index contributed by atoms with van der Waals surface area (Å²) in [5.74, 6) is -2.05. The lowest BCUT2D eigenvalue weighted by molar-refractivity contribution is -0.159. The fourth-order valence-electron chi connectivity index (χ4n) is 1.31. The van der Waals surface area contributed by atoms with Gasteiger partial charge in [0.05, 0.1) is 19.3 Å². The van der Waals surface area contributed by atoms with Gasteiger partial charge in [-0.3, -0.25) is 15.8 Å². The van der Waals surface area contributed by atoms with E-state index >= 15 is 0 Å². The summed E-state index contributed by atoms with van der Waals surface area (Å²) in [5, 5.41) is 17.9. The zero-order chi connectivity index (χ0) is 15.7. The van der Waals surface area contributed by atoms with E-state index in [1.807, 2.05) is 24.3 Å². The Morgan fingerprint density at radius 3 is 2.52 bits per heavy atom. The number of hydrazine groups is 1. The van der Waals surface area contributed by atoms with Crippen LogP contribution in [-0.4, -0.2) is 48.3 Å². The minimum Gasteiger partial charge on any atom is -0.497 e. The normalized spacial score (nSPS) is 12.1. The number of carboxylic acid groups (broad SMARTS) is 2. The van der Waals surface area contributed by atoms with Crippen LogP contribution in [0.4, 0.5) is 5.69 Å². The Balaban J connectivity index is 0.000000315. The number of guanidine groups is 1. The molecule has 1 aromatic carbocycles. The second kappa shape index (κ2) is 8.25. The van der Waals surface area contributed by atoms with Crippen LogP contribution >= 0.6 is 0 Å². The number of carboxylic acids is 2. The van der Waals surface area contributed by atoms with Gasteiger partial charge >= 0.3 is 11.9 Å². The van der Waals surface area contributed by atoms with Crippen molar-refractivity contribution >= 4 is 23.6 Å². The zero-order valence-electron chi connectivity index (χ0n) is 11.3. The van der Waals surface area contributed by atoms with Crippen molar-refractivity contribution in [2.75, 3.05) is 25.6 Å². The van der Waals surface area contributed by atoms with Gasteiger partial charge in [-0.2, -0.15) is 0 Å². The third-order valence-corrected chi connectivity index (χ3v) is 2.25. The number of nitrogens with one attached hydrogen (secondary N) is 3. The molecule has 9 heteroatoms. The molecule has 114 valence electrons. The third-order valence-electron chi connectivity index (χ3n) is 2.25. The molecule has 0 spiro atoms. The molecule has 0 aliphatic carbocycles. The number of carbonyl (C=O) groups is 2. The predicted molar refractivity (Wildman–Crippen MR) is 75.3 cm³/mol. The SMILES string of the molecule is COc1cccc(NNC2=NCCN2)c1.O=C(O)C(=O)O. The van der Waals surface area contributed by atoms with E-state index in [0.29, 0.717) is 0 Å². The zero-order valence-corrected chi connectivity index (χ0v) is 11.3. The number of nitrogens with zero attached hydrogens (tertiary/aromatic N) is 1. The molecule has 9 nitrogen and oxygen atoms in total. The second-order valence-corrected chi connectivity index (χ2v) is 3.75. The number of aliphatic carboxylic acids is 2. The number of rotatable bonds is 3. The first kappa shape index (κ1) is 16.1. The number of anilines is 1. The van der Waals surface area contributed by atoms with Crippen LogP contribution < -0.4 is 20.9 Å². The van der Waals surface area contributed by atoms with Crippen LogP contribution in [0.1, 0.15) is 0 Å². The van der Waals surface area contributed by atoms with Gasteiger partial charge in [0.2, 0.25) is 5.96 Å². The highest BCUT2D eigenvalue weighted by molar-refractivity contribution is 6.27. The first-order chi connectivity index (χ1) is 10.0.